The van der Waals surface area contributed by atoms with Gasteiger partial charge in [-0.1, -0.05) is 12.1 Å². The topological polar surface area (TPSA) is 55.6 Å². The van der Waals surface area contributed by atoms with Crippen molar-refractivity contribution in [1.82, 2.24) is 4.90 Å². The maximum Gasteiger partial charge on any atom is 0.261 e. The van der Waals surface area contributed by atoms with Gasteiger partial charge < -0.3 is 15.4 Å². The smallest absolute Gasteiger partial charge is 0.261 e. The molecule has 0 unspecified atom stereocenters. The van der Waals surface area contributed by atoms with Crippen molar-refractivity contribution < 1.29 is 18.3 Å². The van der Waals surface area contributed by atoms with Gasteiger partial charge >= 0.3 is 0 Å². The van der Waals surface area contributed by atoms with Crippen molar-refractivity contribution in [3.8, 4) is 0 Å². The van der Waals surface area contributed by atoms with Gasteiger partial charge in [-0.05, 0) is 23.6 Å². The number of benzene rings is 1. The van der Waals surface area contributed by atoms with E-state index < -0.39 is 13.0 Å². The quantitative estimate of drug-likeness (QED) is 0.663. The molecule has 1 aliphatic rings. The number of ether oxygens (including phenoxy) is 1. The van der Waals surface area contributed by atoms with Crippen LogP contribution in [0.15, 0.2) is 18.2 Å². The molecule has 0 spiro atoms. The van der Waals surface area contributed by atoms with Crippen molar-refractivity contribution in [3.63, 3.8) is 0 Å². The zero-order chi connectivity index (χ0) is 14.5. The van der Waals surface area contributed by atoms with Crippen LogP contribution in [0.1, 0.15) is 17.5 Å². The molecule has 0 radical (unpaired) electrons. The molecule has 2 N–H and O–H groups in total. The summed E-state index contributed by atoms with van der Waals surface area (Å²) in [5.74, 6) is -0.0897. The number of nitrogens with two attached hydrogens (primary N) is 1. The maximum absolute atomic E-state index is 12.0. The second-order valence-electron chi connectivity index (χ2n) is 4.77. The van der Waals surface area contributed by atoms with E-state index in [0.29, 0.717) is 18.8 Å². The Morgan fingerprint density at radius 2 is 2.25 bits per heavy atom. The second kappa shape index (κ2) is 6.65. The Kier molecular flexibility index (Phi) is 4.89. The first-order valence-corrected chi connectivity index (χ1v) is 6.58. The molecule has 20 heavy (non-hydrogen) atoms. The number of hydrogen-bond donors (Lipinski definition) is 1. The van der Waals surface area contributed by atoms with Gasteiger partial charge in [-0.2, -0.15) is 0 Å². The van der Waals surface area contributed by atoms with E-state index in [0.717, 1.165) is 12.0 Å². The van der Waals surface area contributed by atoms with Crippen LogP contribution >= 0.6 is 0 Å². The first-order chi connectivity index (χ1) is 9.58. The first kappa shape index (κ1) is 14.7. The van der Waals surface area contributed by atoms with E-state index in [1.807, 2.05) is 18.2 Å². The normalized spacial score (nSPS) is 14.4. The fraction of sp³-hybridized carbons (Fsp3) is 0.500. The van der Waals surface area contributed by atoms with Crippen LogP contribution in [0.2, 0.25) is 0 Å². The highest BCUT2D eigenvalue weighted by Gasteiger charge is 2.21. The molecule has 4 nitrogen and oxygen atoms in total. The van der Waals surface area contributed by atoms with E-state index in [4.69, 9.17) is 10.5 Å². The van der Waals surface area contributed by atoms with Crippen molar-refractivity contribution in [2.45, 2.75) is 25.8 Å². The van der Waals surface area contributed by atoms with Gasteiger partial charge in [0, 0.05) is 18.8 Å². The molecule has 2 rings (SSSR count). The van der Waals surface area contributed by atoms with Crippen LogP contribution in [0.25, 0.3) is 0 Å². The molecule has 0 saturated carbocycles. The molecule has 0 fully saturated rings. The molecular formula is C14H18F2N2O2. The van der Waals surface area contributed by atoms with Gasteiger partial charge in [0.15, 0.2) is 0 Å². The predicted octanol–water partition coefficient (Wildman–Crippen LogP) is 1.83. The van der Waals surface area contributed by atoms with Crippen LogP contribution in [0, 0.1) is 0 Å². The lowest BCUT2D eigenvalue weighted by Gasteiger charge is -2.29. The molecule has 0 atom stereocenters. The van der Waals surface area contributed by atoms with E-state index in [9.17, 15) is 13.6 Å². The number of nitrogen functional groups attached to an aromatic ring is 1. The van der Waals surface area contributed by atoms with Crippen LogP contribution in [-0.4, -0.2) is 37.0 Å². The van der Waals surface area contributed by atoms with Crippen molar-refractivity contribution in [2.75, 3.05) is 25.5 Å². The average molecular weight is 284 g/mol. The van der Waals surface area contributed by atoms with Gasteiger partial charge in [-0.15, -0.1) is 0 Å². The maximum atomic E-state index is 12.0. The lowest BCUT2D eigenvalue weighted by Crippen LogP contribution is -2.36. The fourth-order valence-corrected chi connectivity index (χ4v) is 2.31. The third-order valence-electron chi connectivity index (χ3n) is 3.37. The average Bonchev–Trinajstić information content (AvgIpc) is 2.43. The van der Waals surface area contributed by atoms with Gasteiger partial charge in [-0.3, -0.25) is 4.79 Å². The number of hydrogen-bond acceptors (Lipinski definition) is 3. The largest absolute Gasteiger partial charge is 0.398 e. The van der Waals surface area contributed by atoms with E-state index >= 15 is 0 Å². The summed E-state index contributed by atoms with van der Waals surface area (Å²) >= 11 is 0. The molecule has 0 aliphatic carbocycles. The Morgan fingerprint density at radius 3 is 3.00 bits per heavy atom. The molecule has 0 saturated heterocycles. The summed E-state index contributed by atoms with van der Waals surface area (Å²) in [6.07, 6.45) is -1.61. The number of nitrogens with zero attached hydrogens (tertiary/aromatic N) is 1. The van der Waals surface area contributed by atoms with Gasteiger partial charge in [-0.25, -0.2) is 8.78 Å². The highest BCUT2D eigenvalue weighted by molar-refractivity contribution is 5.77. The van der Waals surface area contributed by atoms with Crippen molar-refractivity contribution in [1.29, 1.82) is 0 Å². The third kappa shape index (κ3) is 3.66. The standard InChI is InChI=1S/C14H18F2N2O2/c15-13(16)9-20-7-5-14(19)18-6-4-10-2-1-3-12(17)11(10)8-18/h1-3,13H,4-9,17H2. The zero-order valence-corrected chi connectivity index (χ0v) is 11.1. The van der Waals surface area contributed by atoms with E-state index in [1.165, 1.54) is 5.56 Å². The van der Waals surface area contributed by atoms with Crippen LogP contribution in [-0.2, 0) is 22.5 Å². The molecule has 0 bridgehead atoms. The number of anilines is 1. The van der Waals surface area contributed by atoms with E-state index in [-0.39, 0.29) is 18.9 Å². The summed E-state index contributed by atoms with van der Waals surface area (Å²) < 4.78 is 28.5. The SMILES string of the molecule is Nc1cccc2c1CN(C(=O)CCOCC(F)F)CC2. The van der Waals surface area contributed by atoms with Crippen molar-refractivity contribution in [3.05, 3.63) is 29.3 Å². The Hall–Kier alpha value is -1.69. The zero-order valence-electron chi connectivity index (χ0n) is 11.1. The third-order valence-corrected chi connectivity index (χ3v) is 3.37. The van der Waals surface area contributed by atoms with Crippen molar-refractivity contribution >= 4 is 11.6 Å². The monoisotopic (exact) mass is 284 g/mol. The van der Waals surface area contributed by atoms with Crippen LogP contribution < -0.4 is 5.73 Å². The molecule has 1 aromatic carbocycles. The number of fused-ring (bicyclic) bond motifs is 1. The molecule has 1 heterocycles. The van der Waals surface area contributed by atoms with Crippen LogP contribution in [0.3, 0.4) is 0 Å². The Bertz CT molecular complexity index is 480. The minimum Gasteiger partial charge on any atom is -0.398 e. The summed E-state index contributed by atoms with van der Waals surface area (Å²) in [5.41, 5.74) is 8.76. The summed E-state index contributed by atoms with van der Waals surface area (Å²) in [6.45, 7) is 0.514. The van der Waals surface area contributed by atoms with E-state index in [1.54, 1.807) is 4.90 Å². The summed E-state index contributed by atoms with van der Waals surface area (Å²) in [4.78, 5) is 13.7. The summed E-state index contributed by atoms with van der Waals surface area (Å²) in [6, 6.07) is 5.74. The highest BCUT2D eigenvalue weighted by Crippen LogP contribution is 2.24. The second-order valence-corrected chi connectivity index (χ2v) is 4.77. The Labute approximate surface area is 116 Å². The molecule has 110 valence electrons. The molecule has 1 aromatic rings. The number of amides is 1. The summed E-state index contributed by atoms with van der Waals surface area (Å²) in [7, 11) is 0. The number of carbonyl (C=O) groups excluding carboxylic acids is 1. The van der Waals surface area contributed by atoms with Gasteiger partial charge in [0.2, 0.25) is 5.91 Å². The minimum absolute atomic E-state index is 0.0246. The molecule has 0 aromatic heterocycles. The number of carbonyl (C=O) groups is 1. The van der Waals surface area contributed by atoms with Crippen LogP contribution in [0.5, 0.6) is 0 Å². The number of alkyl halides is 2. The first-order valence-electron chi connectivity index (χ1n) is 6.58. The van der Waals surface area contributed by atoms with Crippen LogP contribution in [0.4, 0.5) is 14.5 Å². The van der Waals surface area contributed by atoms with Gasteiger partial charge in [0.05, 0.1) is 13.0 Å². The molecule has 1 amide bonds. The van der Waals surface area contributed by atoms with Crippen molar-refractivity contribution in [2.24, 2.45) is 0 Å². The Balaban J connectivity index is 1.86. The molecule has 6 heteroatoms. The van der Waals surface area contributed by atoms with Gasteiger partial charge in [0.1, 0.15) is 6.61 Å². The Morgan fingerprint density at radius 1 is 1.45 bits per heavy atom. The lowest BCUT2D eigenvalue weighted by molar-refractivity contribution is -0.133. The fourth-order valence-electron chi connectivity index (χ4n) is 2.31. The predicted molar refractivity (Wildman–Crippen MR) is 71.4 cm³/mol. The van der Waals surface area contributed by atoms with Gasteiger partial charge in [0.25, 0.3) is 6.43 Å². The molecule has 1 aliphatic heterocycles. The number of halogens is 2. The molecular weight excluding hydrogens is 266 g/mol. The van der Waals surface area contributed by atoms with E-state index in [2.05, 4.69) is 0 Å². The number of rotatable bonds is 5. The lowest BCUT2D eigenvalue weighted by atomic mass is 9.98. The summed E-state index contributed by atoms with van der Waals surface area (Å²) in [5, 5.41) is 0. The highest BCUT2D eigenvalue weighted by atomic mass is 19.3. The minimum atomic E-state index is -2.49.